The first-order valence-electron chi connectivity index (χ1n) is 7.45. The Morgan fingerprint density at radius 2 is 2.09 bits per heavy atom. The molecule has 1 aromatic carbocycles. The van der Waals surface area contributed by atoms with Crippen LogP contribution in [0, 0.1) is 0 Å². The lowest BCUT2D eigenvalue weighted by Crippen LogP contribution is -2.34. The molecule has 0 spiro atoms. The summed E-state index contributed by atoms with van der Waals surface area (Å²) in [6, 6.07) is 9.96. The van der Waals surface area contributed by atoms with Crippen LogP contribution >= 0.6 is 11.3 Å². The number of thiophene rings is 1. The van der Waals surface area contributed by atoms with Crippen LogP contribution in [0.15, 0.2) is 36.5 Å². The Bertz CT molecular complexity index is 855. The predicted molar refractivity (Wildman–Crippen MR) is 94.9 cm³/mol. The lowest BCUT2D eigenvalue weighted by molar-refractivity contribution is 0.0606. The summed E-state index contributed by atoms with van der Waals surface area (Å²) < 4.78 is 4.78. The van der Waals surface area contributed by atoms with Gasteiger partial charge in [0.15, 0.2) is 0 Å². The van der Waals surface area contributed by atoms with Crippen LogP contribution in [0.1, 0.15) is 29.1 Å². The normalized spacial score (nSPS) is 11.8. The molecule has 0 unspecified atom stereocenters. The van der Waals surface area contributed by atoms with E-state index < -0.39 is 0 Å². The maximum absolute atomic E-state index is 11.6. The van der Waals surface area contributed by atoms with Gasteiger partial charge in [-0.1, -0.05) is 18.2 Å². The van der Waals surface area contributed by atoms with Gasteiger partial charge in [-0.15, -0.1) is 11.3 Å². The second-order valence-corrected chi connectivity index (χ2v) is 7.45. The number of carbonyl (C=O) groups is 1. The second kappa shape index (κ2) is 5.83. The zero-order valence-corrected chi connectivity index (χ0v) is 14.3. The van der Waals surface area contributed by atoms with Crippen LogP contribution in [0.3, 0.4) is 0 Å². The second-order valence-electron chi connectivity index (χ2n) is 6.36. The minimum absolute atomic E-state index is 0.258. The third-order valence-corrected chi connectivity index (χ3v) is 4.80. The first-order chi connectivity index (χ1) is 10.9. The SMILES string of the molecule is COC(=O)c1ccc(-c2cccc3c(CC(C)(C)N)c[nH]c23)s1. The van der Waals surface area contributed by atoms with Crippen molar-refractivity contribution in [3.63, 3.8) is 0 Å². The van der Waals surface area contributed by atoms with Gasteiger partial charge in [-0.3, -0.25) is 0 Å². The van der Waals surface area contributed by atoms with Crippen molar-refractivity contribution >= 4 is 28.2 Å². The van der Waals surface area contributed by atoms with Gasteiger partial charge in [0, 0.05) is 27.6 Å². The van der Waals surface area contributed by atoms with Crippen LogP contribution in [-0.4, -0.2) is 23.6 Å². The highest BCUT2D eigenvalue weighted by atomic mass is 32.1. The number of nitrogens with one attached hydrogen (secondary N) is 1. The summed E-state index contributed by atoms with van der Waals surface area (Å²) in [5.41, 5.74) is 9.27. The minimum atomic E-state index is -0.300. The smallest absolute Gasteiger partial charge is 0.348 e. The van der Waals surface area contributed by atoms with Crippen molar-refractivity contribution in [2.75, 3.05) is 7.11 Å². The Balaban J connectivity index is 2.05. The summed E-state index contributed by atoms with van der Waals surface area (Å²) in [5.74, 6) is -0.300. The lowest BCUT2D eigenvalue weighted by atomic mass is 9.95. The molecule has 0 radical (unpaired) electrons. The van der Waals surface area contributed by atoms with Crippen molar-refractivity contribution in [1.82, 2.24) is 4.98 Å². The number of benzene rings is 1. The monoisotopic (exact) mass is 328 g/mol. The van der Waals surface area contributed by atoms with Gasteiger partial charge in [0.2, 0.25) is 0 Å². The first kappa shape index (κ1) is 15.8. The predicted octanol–water partition coefficient (Wildman–Crippen LogP) is 3.96. The van der Waals surface area contributed by atoms with E-state index in [1.54, 1.807) is 6.07 Å². The van der Waals surface area contributed by atoms with E-state index in [-0.39, 0.29) is 11.5 Å². The Morgan fingerprint density at radius 1 is 1.30 bits per heavy atom. The third kappa shape index (κ3) is 3.16. The highest BCUT2D eigenvalue weighted by Crippen LogP contribution is 2.35. The van der Waals surface area contributed by atoms with Crippen molar-refractivity contribution in [3.05, 3.63) is 47.0 Å². The van der Waals surface area contributed by atoms with E-state index in [4.69, 9.17) is 10.5 Å². The van der Waals surface area contributed by atoms with E-state index in [2.05, 4.69) is 17.1 Å². The number of esters is 1. The van der Waals surface area contributed by atoms with E-state index in [9.17, 15) is 4.79 Å². The fourth-order valence-electron chi connectivity index (χ4n) is 2.75. The van der Waals surface area contributed by atoms with Gasteiger partial charge < -0.3 is 15.5 Å². The van der Waals surface area contributed by atoms with Crippen LogP contribution in [-0.2, 0) is 11.2 Å². The van der Waals surface area contributed by atoms with Crippen molar-refractivity contribution < 1.29 is 9.53 Å². The Hall–Kier alpha value is -2.11. The summed E-state index contributed by atoms with van der Waals surface area (Å²) in [5, 5.41) is 1.18. The van der Waals surface area contributed by atoms with Gasteiger partial charge >= 0.3 is 5.97 Å². The largest absolute Gasteiger partial charge is 0.465 e. The number of aromatic nitrogens is 1. The third-order valence-electron chi connectivity index (χ3n) is 3.71. The van der Waals surface area contributed by atoms with E-state index in [0.717, 1.165) is 22.4 Å². The van der Waals surface area contributed by atoms with Crippen LogP contribution in [0.2, 0.25) is 0 Å². The number of hydrogen-bond acceptors (Lipinski definition) is 4. The average molecular weight is 328 g/mol. The summed E-state index contributed by atoms with van der Waals surface area (Å²) in [6.07, 6.45) is 2.83. The molecule has 0 saturated carbocycles. The molecule has 120 valence electrons. The summed E-state index contributed by atoms with van der Waals surface area (Å²) in [6.45, 7) is 4.05. The number of ether oxygens (including phenoxy) is 1. The number of H-pyrrole nitrogens is 1. The van der Waals surface area contributed by atoms with Gasteiger partial charge in [-0.25, -0.2) is 4.79 Å². The van der Waals surface area contributed by atoms with Gasteiger partial charge in [0.05, 0.1) is 12.6 Å². The lowest BCUT2D eigenvalue weighted by Gasteiger charge is -2.17. The van der Waals surface area contributed by atoms with E-state index in [0.29, 0.717) is 4.88 Å². The number of methoxy groups -OCH3 is 1. The number of hydrogen-bond donors (Lipinski definition) is 2. The molecule has 0 amide bonds. The molecule has 0 aliphatic rings. The molecule has 2 aromatic heterocycles. The van der Waals surface area contributed by atoms with Crippen LogP contribution in [0.25, 0.3) is 21.3 Å². The molecule has 3 N–H and O–H groups in total. The van der Waals surface area contributed by atoms with Crippen molar-refractivity contribution in [3.8, 4) is 10.4 Å². The fourth-order valence-corrected chi connectivity index (χ4v) is 3.70. The average Bonchev–Trinajstić information content (AvgIpc) is 3.12. The number of nitrogens with two attached hydrogens (primary N) is 1. The van der Waals surface area contributed by atoms with Gasteiger partial charge in [0.25, 0.3) is 0 Å². The van der Waals surface area contributed by atoms with E-state index in [1.165, 1.54) is 29.4 Å². The summed E-state index contributed by atoms with van der Waals surface area (Å²) in [4.78, 5) is 16.7. The van der Waals surface area contributed by atoms with Crippen LogP contribution in [0.4, 0.5) is 0 Å². The Kier molecular flexibility index (Phi) is 4.00. The highest BCUT2D eigenvalue weighted by molar-refractivity contribution is 7.17. The van der Waals surface area contributed by atoms with Gasteiger partial charge in [0.1, 0.15) is 4.88 Å². The molecule has 0 aliphatic heterocycles. The zero-order valence-electron chi connectivity index (χ0n) is 13.5. The summed E-state index contributed by atoms with van der Waals surface area (Å²) >= 11 is 1.44. The molecular weight excluding hydrogens is 308 g/mol. The van der Waals surface area contributed by atoms with Gasteiger partial charge in [-0.2, -0.15) is 0 Å². The molecule has 2 heterocycles. The molecular formula is C18H20N2O2S. The maximum atomic E-state index is 11.6. The minimum Gasteiger partial charge on any atom is -0.465 e. The van der Waals surface area contributed by atoms with Crippen LogP contribution < -0.4 is 5.73 Å². The number of carbonyl (C=O) groups excluding carboxylic acids is 1. The molecule has 0 bridgehead atoms. The maximum Gasteiger partial charge on any atom is 0.348 e. The standard InChI is InChI=1S/C18H20N2O2S/c1-18(2,19)9-11-10-20-16-12(11)5-4-6-13(16)14-7-8-15(23-14)17(21)22-3/h4-8,10,20H,9,19H2,1-3H3. The molecule has 5 heteroatoms. The zero-order chi connectivity index (χ0) is 16.6. The molecule has 23 heavy (non-hydrogen) atoms. The molecule has 0 fully saturated rings. The van der Waals surface area contributed by atoms with Crippen molar-refractivity contribution in [2.24, 2.45) is 5.73 Å². The van der Waals surface area contributed by atoms with Gasteiger partial charge in [-0.05, 0) is 38.0 Å². The molecule has 4 nitrogen and oxygen atoms in total. The number of aromatic amines is 1. The molecule has 3 aromatic rings. The number of fused-ring (bicyclic) bond motifs is 1. The van der Waals surface area contributed by atoms with Crippen molar-refractivity contribution in [2.45, 2.75) is 25.8 Å². The molecule has 3 rings (SSSR count). The quantitative estimate of drug-likeness (QED) is 0.712. The molecule has 0 atom stereocenters. The van der Waals surface area contributed by atoms with Crippen LogP contribution in [0.5, 0.6) is 0 Å². The molecule has 0 saturated heterocycles. The van der Waals surface area contributed by atoms with Crippen molar-refractivity contribution in [1.29, 1.82) is 0 Å². The summed E-state index contributed by atoms with van der Waals surface area (Å²) in [7, 11) is 1.40. The van der Waals surface area contributed by atoms with E-state index in [1.807, 2.05) is 32.2 Å². The fraction of sp³-hybridized carbons (Fsp3) is 0.278. The number of para-hydroxylation sites is 1. The highest BCUT2D eigenvalue weighted by Gasteiger charge is 2.17. The Morgan fingerprint density at radius 3 is 2.78 bits per heavy atom. The number of rotatable bonds is 4. The Labute approximate surface area is 139 Å². The van der Waals surface area contributed by atoms with E-state index >= 15 is 0 Å². The molecule has 0 aliphatic carbocycles. The topological polar surface area (TPSA) is 68.1 Å². The first-order valence-corrected chi connectivity index (χ1v) is 8.27.